The molecule has 2 aliphatic rings. The van der Waals surface area contributed by atoms with Crippen LogP contribution < -0.4 is 0 Å². The second-order valence-electron chi connectivity index (χ2n) is 7.34. The van der Waals surface area contributed by atoms with Crippen molar-refractivity contribution in [1.29, 1.82) is 0 Å². The van der Waals surface area contributed by atoms with Crippen molar-refractivity contribution in [2.75, 3.05) is 6.61 Å². The Morgan fingerprint density at radius 1 is 1.34 bits per heavy atom. The molecule has 4 atom stereocenters. The first-order valence-corrected chi connectivity index (χ1v) is 9.55. The van der Waals surface area contributed by atoms with Gasteiger partial charge in [-0.1, -0.05) is 24.3 Å². The van der Waals surface area contributed by atoms with Crippen LogP contribution in [0, 0.1) is 5.92 Å². The topological polar surface area (TPSA) is 99.1 Å². The van der Waals surface area contributed by atoms with Crippen molar-refractivity contribution in [3.8, 4) is 0 Å². The highest BCUT2D eigenvalue weighted by atomic mass is 16.6. The van der Waals surface area contributed by atoms with Crippen molar-refractivity contribution in [2.45, 2.75) is 58.8 Å². The molecule has 1 fully saturated rings. The van der Waals surface area contributed by atoms with E-state index in [1.54, 1.807) is 19.9 Å². The SMILES string of the molecule is C=C1C(=O)O[C@H]2/C=C(\C)[C@H](OC(C)=O)C/C=C(/C)C[C@@H](OC(=O)/C(=C/C)CO)[C@@H]12. The Morgan fingerprint density at radius 2 is 2.03 bits per heavy atom. The summed E-state index contributed by atoms with van der Waals surface area (Å²) in [6, 6.07) is 0. The maximum absolute atomic E-state index is 12.4. The summed E-state index contributed by atoms with van der Waals surface area (Å²) in [5, 5.41) is 9.35. The number of allylic oxidation sites excluding steroid dienone is 1. The van der Waals surface area contributed by atoms with E-state index in [4.69, 9.17) is 14.2 Å². The van der Waals surface area contributed by atoms with E-state index in [1.807, 2.05) is 13.0 Å². The summed E-state index contributed by atoms with van der Waals surface area (Å²) < 4.78 is 16.5. The van der Waals surface area contributed by atoms with Crippen molar-refractivity contribution in [3.05, 3.63) is 47.1 Å². The highest BCUT2D eigenvalue weighted by Gasteiger charge is 2.45. The van der Waals surface area contributed by atoms with Crippen LogP contribution in [0.15, 0.2) is 47.1 Å². The van der Waals surface area contributed by atoms with Crippen LogP contribution in [0.5, 0.6) is 0 Å². The Morgan fingerprint density at radius 3 is 2.62 bits per heavy atom. The molecular weight excluding hydrogens is 376 g/mol. The number of carbonyl (C=O) groups excluding carboxylic acids is 3. The first-order valence-electron chi connectivity index (χ1n) is 9.55. The van der Waals surface area contributed by atoms with Crippen molar-refractivity contribution < 1.29 is 33.7 Å². The smallest absolute Gasteiger partial charge is 0.336 e. The monoisotopic (exact) mass is 404 g/mol. The number of hydrogen-bond donors (Lipinski definition) is 1. The third kappa shape index (κ3) is 5.44. The summed E-state index contributed by atoms with van der Waals surface area (Å²) in [7, 11) is 0. The van der Waals surface area contributed by atoms with Gasteiger partial charge in [-0.3, -0.25) is 4.79 Å². The average molecular weight is 404 g/mol. The Balaban J connectivity index is 2.43. The summed E-state index contributed by atoms with van der Waals surface area (Å²) in [6.45, 7) is 10.1. The summed E-state index contributed by atoms with van der Waals surface area (Å²) in [4.78, 5) is 36.1. The molecular formula is C22H28O7. The number of fused-ring (bicyclic) bond motifs is 1. The molecule has 7 nitrogen and oxygen atoms in total. The van der Waals surface area contributed by atoms with Gasteiger partial charge in [0.15, 0.2) is 0 Å². The molecule has 29 heavy (non-hydrogen) atoms. The molecule has 0 spiro atoms. The summed E-state index contributed by atoms with van der Waals surface area (Å²) in [5.41, 5.74) is 2.00. The van der Waals surface area contributed by atoms with E-state index in [0.29, 0.717) is 12.8 Å². The lowest BCUT2D eigenvalue weighted by atomic mass is 9.85. The molecule has 0 radical (unpaired) electrons. The zero-order chi connectivity index (χ0) is 21.7. The van der Waals surface area contributed by atoms with Crippen molar-refractivity contribution in [2.24, 2.45) is 5.92 Å². The molecule has 1 saturated heterocycles. The third-order valence-electron chi connectivity index (χ3n) is 5.15. The molecule has 0 aromatic carbocycles. The normalized spacial score (nSPS) is 31.6. The van der Waals surface area contributed by atoms with Crippen LogP contribution in [0.2, 0.25) is 0 Å². The number of ether oxygens (including phenoxy) is 3. The molecule has 158 valence electrons. The Hall–Kier alpha value is -2.67. The number of esters is 3. The maximum Gasteiger partial charge on any atom is 0.336 e. The number of hydrogen-bond acceptors (Lipinski definition) is 7. The summed E-state index contributed by atoms with van der Waals surface area (Å²) >= 11 is 0. The molecule has 0 amide bonds. The predicted octanol–water partition coefficient (Wildman–Crippen LogP) is 2.55. The fourth-order valence-corrected chi connectivity index (χ4v) is 3.51. The van der Waals surface area contributed by atoms with Crippen LogP contribution in [-0.4, -0.2) is 47.9 Å². The minimum Gasteiger partial charge on any atom is -0.458 e. The van der Waals surface area contributed by atoms with E-state index >= 15 is 0 Å². The molecule has 0 unspecified atom stereocenters. The van der Waals surface area contributed by atoms with Gasteiger partial charge in [0, 0.05) is 25.3 Å². The van der Waals surface area contributed by atoms with Gasteiger partial charge in [-0.15, -0.1) is 0 Å². The molecule has 1 aliphatic carbocycles. The average Bonchev–Trinajstić information content (AvgIpc) is 2.91. The number of aliphatic hydroxyl groups excluding tert-OH is 1. The molecule has 7 heteroatoms. The fraction of sp³-hybridized carbons (Fsp3) is 0.500. The second kappa shape index (κ2) is 9.69. The number of carbonyl (C=O) groups is 3. The zero-order valence-electron chi connectivity index (χ0n) is 17.3. The number of aliphatic hydroxyl groups is 1. The Labute approximate surface area is 170 Å². The van der Waals surface area contributed by atoms with E-state index in [1.165, 1.54) is 13.0 Å². The van der Waals surface area contributed by atoms with Gasteiger partial charge in [0.05, 0.1) is 18.1 Å². The zero-order valence-corrected chi connectivity index (χ0v) is 17.3. The highest BCUT2D eigenvalue weighted by molar-refractivity contribution is 5.92. The van der Waals surface area contributed by atoms with Crippen LogP contribution in [0.3, 0.4) is 0 Å². The van der Waals surface area contributed by atoms with Crippen LogP contribution in [0.1, 0.15) is 40.5 Å². The van der Waals surface area contributed by atoms with Crippen molar-refractivity contribution >= 4 is 17.9 Å². The minimum absolute atomic E-state index is 0.137. The van der Waals surface area contributed by atoms with Gasteiger partial charge >= 0.3 is 17.9 Å². The number of rotatable bonds is 4. The van der Waals surface area contributed by atoms with Crippen molar-refractivity contribution in [1.82, 2.24) is 0 Å². The molecule has 0 aromatic heterocycles. The van der Waals surface area contributed by atoms with E-state index in [9.17, 15) is 19.5 Å². The van der Waals surface area contributed by atoms with Gasteiger partial charge in [0.1, 0.15) is 18.3 Å². The summed E-state index contributed by atoms with van der Waals surface area (Å²) in [6.07, 6.45) is 4.09. The largest absolute Gasteiger partial charge is 0.458 e. The fourth-order valence-electron chi connectivity index (χ4n) is 3.51. The molecule has 0 saturated carbocycles. The van der Waals surface area contributed by atoms with Gasteiger partial charge in [0.2, 0.25) is 0 Å². The summed E-state index contributed by atoms with van der Waals surface area (Å²) in [5.74, 6) is -2.18. The van der Waals surface area contributed by atoms with E-state index in [2.05, 4.69) is 6.58 Å². The van der Waals surface area contributed by atoms with Crippen LogP contribution in [0.25, 0.3) is 0 Å². The second-order valence-corrected chi connectivity index (χ2v) is 7.34. The highest BCUT2D eigenvalue weighted by Crippen LogP contribution is 2.36. The first kappa shape index (κ1) is 22.6. The van der Waals surface area contributed by atoms with Crippen LogP contribution >= 0.6 is 0 Å². The van der Waals surface area contributed by atoms with Gasteiger partial charge < -0.3 is 19.3 Å². The van der Waals surface area contributed by atoms with Gasteiger partial charge in [0.25, 0.3) is 0 Å². The van der Waals surface area contributed by atoms with Crippen LogP contribution in [0.4, 0.5) is 0 Å². The Kier molecular flexibility index (Phi) is 7.56. The predicted molar refractivity (Wildman–Crippen MR) is 106 cm³/mol. The molecule has 0 bridgehead atoms. The van der Waals surface area contributed by atoms with E-state index in [-0.39, 0.29) is 11.1 Å². The molecule has 1 aliphatic heterocycles. The van der Waals surface area contributed by atoms with E-state index < -0.39 is 48.7 Å². The Bertz CT molecular complexity index is 787. The van der Waals surface area contributed by atoms with Gasteiger partial charge in [-0.25, -0.2) is 9.59 Å². The quantitative estimate of drug-likeness (QED) is 0.333. The molecule has 1 N–H and O–H groups in total. The lowest BCUT2D eigenvalue weighted by molar-refractivity contribution is -0.148. The standard InChI is InChI=1S/C22H28O7/c1-6-16(11-23)22(26)29-18-9-12(2)7-8-17(27-15(5)24)13(3)10-19-20(18)14(4)21(25)28-19/h6-7,10,17-20,23H,4,8-9,11H2,1-3,5H3/b12-7-,13-10+,16-6+/t17-,18-,19+,20-/m1/s1. The van der Waals surface area contributed by atoms with Gasteiger partial charge in [-0.05, 0) is 32.4 Å². The van der Waals surface area contributed by atoms with Gasteiger partial charge in [-0.2, -0.15) is 0 Å². The molecule has 0 aromatic rings. The van der Waals surface area contributed by atoms with Crippen LogP contribution in [-0.2, 0) is 28.6 Å². The lowest BCUT2D eigenvalue weighted by Gasteiger charge is -2.28. The van der Waals surface area contributed by atoms with E-state index in [0.717, 1.165) is 11.1 Å². The minimum atomic E-state index is -0.696. The first-order chi connectivity index (χ1) is 13.7. The molecule has 2 rings (SSSR count). The lowest BCUT2D eigenvalue weighted by Crippen LogP contribution is -2.34. The van der Waals surface area contributed by atoms with Crippen molar-refractivity contribution in [3.63, 3.8) is 0 Å². The third-order valence-corrected chi connectivity index (χ3v) is 5.15. The maximum atomic E-state index is 12.4. The molecule has 1 heterocycles.